The molecule has 3 N–H and O–H groups in total. The van der Waals surface area contributed by atoms with Crippen molar-refractivity contribution in [3.05, 3.63) is 42.5 Å². The van der Waals surface area contributed by atoms with E-state index < -0.39 is 39.6 Å². The smallest absolute Gasteiger partial charge is 0.325 e. The van der Waals surface area contributed by atoms with Crippen LogP contribution in [0.5, 0.6) is 0 Å². The van der Waals surface area contributed by atoms with Crippen molar-refractivity contribution in [1.29, 1.82) is 0 Å². The van der Waals surface area contributed by atoms with E-state index in [1.807, 2.05) is 0 Å². The summed E-state index contributed by atoms with van der Waals surface area (Å²) >= 11 is 0. The summed E-state index contributed by atoms with van der Waals surface area (Å²) in [6.45, 7) is 6.33. The Morgan fingerprint density at radius 1 is 1.10 bits per heavy atom. The van der Waals surface area contributed by atoms with E-state index in [1.54, 1.807) is 57.2 Å². The summed E-state index contributed by atoms with van der Waals surface area (Å²) in [6.07, 6.45) is 0. The number of rotatable bonds is 8. The van der Waals surface area contributed by atoms with Crippen LogP contribution in [0.3, 0.4) is 0 Å². The normalized spacial score (nSPS) is 14.3. The second-order valence-electron chi connectivity index (χ2n) is 7.64. The van der Waals surface area contributed by atoms with E-state index in [4.69, 9.17) is 9.84 Å². The van der Waals surface area contributed by atoms with Gasteiger partial charge in [0.1, 0.15) is 12.1 Å². The molecule has 0 radical (unpaired) electrons. The highest BCUT2D eigenvalue weighted by Gasteiger charge is 2.30. The van der Waals surface area contributed by atoms with E-state index in [2.05, 4.69) is 10.0 Å². The third kappa shape index (κ3) is 6.25. The van der Waals surface area contributed by atoms with Crippen molar-refractivity contribution in [3.8, 4) is 0 Å². The van der Waals surface area contributed by atoms with Crippen LogP contribution in [0, 0.1) is 0 Å². The molecule has 0 unspecified atom stereocenters. The Bertz CT molecular complexity index is 992. The van der Waals surface area contributed by atoms with Crippen LogP contribution in [-0.4, -0.2) is 49.7 Å². The van der Waals surface area contributed by atoms with Gasteiger partial charge in [-0.25, -0.2) is 8.42 Å². The van der Waals surface area contributed by atoms with Gasteiger partial charge in [-0.15, -0.1) is 0 Å². The zero-order valence-corrected chi connectivity index (χ0v) is 17.6. The van der Waals surface area contributed by atoms with Crippen LogP contribution in [0.1, 0.15) is 27.7 Å². The maximum absolute atomic E-state index is 13.0. The van der Waals surface area contributed by atoms with Crippen LogP contribution in [0.15, 0.2) is 47.4 Å². The Morgan fingerprint density at radius 3 is 2.34 bits per heavy atom. The number of hydrogen-bond acceptors (Lipinski definition) is 5. The van der Waals surface area contributed by atoms with Gasteiger partial charge < -0.3 is 15.2 Å². The molecule has 2 aromatic rings. The Labute approximate surface area is 170 Å². The molecule has 0 aliphatic rings. The van der Waals surface area contributed by atoms with Crippen molar-refractivity contribution in [3.63, 3.8) is 0 Å². The fraction of sp³-hybridized carbons (Fsp3) is 0.400. The number of ether oxygens (including phenoxy) is 1. The largest absolute Gasteiger partial charge is 0.480 e. The van der Waals surface area contributed by atoms with Crippen molar-refractivity contribution < 1.29 is 27.9 Å². The average molecular weight is 423 g/mol. The molecule has 0 heterocycles. The fourth-order valence-electron chi connectivity index (χ4n) is 2.55. The van der Waals surface area contributed by atoms with Crippen LogP contribution in [0.2, 0.25) is 0 Å². The molecule has 0 aromatic heterocycles. The highest BCUT2D eigenvalue weighted by atomic mass is 32.2. The van der Waals surface area contributed by atoms with Gasteiger partial charge in [0.25, 0.3) is 0 Å². The maximum Gasteiger partial charge on any atom is 0.325 e. The minimum Gasteiger partial charge on any atom is -0.480 e. The van der Waals surface area contributed by atoms with Gasteiger partial charge in [-0.05, 0) is 39.1 Å². The molecule has 1 amide bonds. The molecule has 2 rings (SSSR count). The number of carbonyl (C=O) groups excluding carboxylic acids is 1. The maximum atomic E-state index is 13.0. The van der Waals surface area contributed by atoms with Crippen molar-refractivity contribution in [2.45, 2.75) is 50.3 Å². The molecule has 0 saturated carbocycles. The van der Waals surface area contributed by atoms with Crippen LogP contribution in [-0.2, 0) is 24.3 Å². The summed E-state index contributed by atoms with van der Waals surface area (Å²) in [6, 6.07) is 9.36. The van der Waals surface area contributed by atoms with Crippen molar-refractivity contribution >= 4 is 32.7 Å². The predicted molar refractivity (Wildman–Crippen MR) is 109 cm³/mol. The Kier molecular flexibility index (Phi) is 6.99. The Balaban J connectivity index is 2.34. The van der Waals surface area contributed by atoms with Gasteiger partial charge in [-0.2, -0.15) is 4.72 Å². The average Bonchev–Trinajstić information content (AvgIpc) is 2.63. The molecule has 0 aliphatic carbocycles. The van der Waals surface area contributed by atoms with Gasteiger partial charge in [0, 0.05) is 5.39 Å². The first-order chi connectivity index (χ1) is 13.4. The number of hydrogen-bond donors (Lipinski definition) is 3. The lowest BCUT2D eigenvalue weighted by Gasteiger charge is -2.25. The molecule has 2 atom stereocenters. The van der Waals surface area contributed by atoms with Gasteiger partial charge in [-0.3, -0.25) is 9.59 Å². The van der Waals surface area contributed by atoms with Gasteiger partial charge >= 0.3 is 5.97 Å². The second-order valence-corrected chi connectivity index (χ2v) is 9.33. The first kappa shape index (κ1) is 22.8. The van der Waals surface area contributed by atoms with Crippen molar-refractivity contribution in [2.24, 2.45) is 0 Å². The highest BCUT2D eigenvalue weighted by Crippen LogP contribution is 2.23. The zero-order valence-electron chi connectivity index (χ0n) is 16.8. The Morgan fingerprint density at radius 2 is 1.72 bits per heavy atom. The lowest BCUT2D eigenvalue weighted by Crippen LogP contribution is -2.53. The van der Waals surface area contributed by atoms with E-state index in [1.165, 1.54) is 13.0 Å². The summed E-state index contributed by atoms with van der Waals surface area (Å²) in [5.41, 5.74) is -0.623. The van der Waals surface area contributed by atoms with Crippen molar-refractivity contribution in [2.75, 3.05) is 6.61 Å². The van der Waals surface area contributed by atoms with Gasteiger partial charge in [0.05, 0.1) is 17.1 Å². The van der Waals surface area contributed by atoms with Crippen molar-refractivity contribution in [1.82, 2.24) is 10.0 Å². The number of amides is 1. The van der Waals surface area contributed by atoms with Crippen LogP contribution < -0.4 is 10.0 Å². The summed E-state index contributed by atoms with van der Waals surface area (Å²) in [4.78, 5) is 23.6. The standard InChI is InChI=1S/C20H26N2O6S/c1-13(19(24)25)21-18(23)16(12-28-20(2,3)4)22-29(26,27)17-11-7-9-14-8-5-6-10-15(14)17/h5-11,13,16,22H,12H2,1-4H3,(H,21,23)(H,24,25)/t13-,16+/m0/s1. The molecule has 0 saturated heterocycles. The number of nitrogens with one attached hydrogen (secondary N) is 2. The van der Waals surface area contributed by atoms with Gasteiger partial charge in [0.15, 0.2) is 0 Å². The predicted octanol–water partition coefficient (Wildman–Crippen LogP) is 1.89. The number of carboxylic acid groups (broad SMARTS) is 1. The first-order valence-corrected chi connectivity index (χ1v) is 10.6. The summed E-state index contributed by atoms with van der Waals surface area (Å²) in [5, 5.41) is 12.5. The third-order valence-corrected chi connectivity index (χ3v) is 5.60. The lowest BCUT2D eigenvalue weighted by atomic mass is 10.1. The molecule has 0 spiro atoms. The van der Waals surface area contributed by atoms with E-state index in [0.29, 0.717) is 5.39 Å². The monoisotopic (exact) mass is 422 g/mol. The summed E-state index contributed by atoms with van der Waals surface area (Å²) in [7, 11) is -4.09. The lowest BCUT2D eigenvalue weighted by molar-refractivity contribution is -0.142. The second kappa shape index (κ2) is 8.89. The van der Waals surface area contributed by atoms with E-state index in [0.717, 1.165) is 5.39 Å². The van der Waals surface area contributed by atoms with Crippen LogP contribution >= 0.6 is 0 Å². The molecule has 29 heavy (non-hydrogen) atoms. The Hall–Kier alpha value is -2.49. The third-order valence-electron chi connectivity index (χ3n) is 4.07. The number of sulfonamides is 1. The molecule has 2 aromatic carbocycles. The van der Waals surface area contributed by atoms with E-state index in [9.17, 15) is 18.0 Å². The number of fused-ring (bicyclic) bond motifs is 1. The van der Waals surface area contributed by atoms with Crippen LogP contribution in [0.4, 0.5) is 0 Å². The summed E-state index contributed by atoms with van der Waals surface area (Å²) < 4.78 is 34.0. The fourth-order valence-corrected chi connectivity index (χ4v) is 3.96. The quantitative estimate of drug-likeness (QED) is 0.597. The molecular formula is C20H26N2O6S. The SMILES string of the molecule is C[C@H](NC(=O)[C@@H](COC(C)(C)C)NS(=O)(=O)c1cccc2ccccc12)C(=O)O. The van der Waals surface area contributed by atoms with Crippen LogP contribution in [0.25, 0.3) is 10.8 Å². The minimum atomic E-state index is -4.09. The first-order valence-electron chi connectivity index (χ1n) is 9.08. The van der Waals surface area contributed by atoms with E-state index >= 15 is 0 Å². The highest BCUT2D eigenvalue weighted by molar-refractivity contribution is 7.89. The topological polar surface area (TPSA) is 122 Å². The molecule has 0 aliphatic heterocycles. The van der Waals surface area contributed by atoms with Gasteiger partial charge in [0.2, 0.25) is 15.9 Å². The molecule has 8 nitrogen and oxygen atoms in total. The molecule has 9 heteroatoms. The number of benzene rings is 2. The molecular weight excluding hydrogens is 396 g/mol. The zero-order chi connectivity index (χ0) is 21.8. The number of carboxylic acids is 1. The minimum absolute atomic E-state index is 0.0236. The molecule has 158 valence electrons. The number of aliphatic carboxylic acids is 1. The molecule has 0 fully saturated rings. The van der Waals surface area contributed by atoms with Gasteiger partial charge in [-0.1, -0.05) is 36.4 Å². The summed E-state index contributed by atoms with van der Waals surface area (Å²) in [5.74, 6) is -2.02. The molecule has 0 bridgehead atoms. The van der Waals surface area contributed by atoms with E-state index in [-0.39, 0.29) is 11.5 Å². The number of carbonyl (C=O) groups is 2.